The van der Waals surface area contributed by atoms with E-state index in [1.807, 2.05) is 6.92 Å². The maximum atomic E-state index is 12.7. The molecule has 1 amide bonds. The molecule has 17 heavy (non-hydrogen) atoms. The zero-order valence-corrected chi connectivity index (χ0v) is 9.87. The first kappa shape index (κ1) is 12.0. The second-order valence-electron chi connectivity index (χ2n) is 4.86. The molecule has 0 radical (unpaired) electrons. The molecule has 4 heteroatoms. The summed E-state index contributed by atoms with van der Waals surface area (Å²) in [5.74, 6) is -0.0629. The first-order valence-electron chi connectivity index (χ1n) is 5.83. The van der Waals surface area contributed by atoms with E-state index in [1.54, 1.807) is 0 Å². The van der Waals surface area contributed by atoms with E-state index in [0.717, 1.165) is 12.8 Å². The smallest absolute Gasteiger partial charge is 0.251 e. The number of amides is 1. The van der Waals surface area contributed by atoms with Gasteiger partial charge in [-0.05, 0) is 49.9 Å². The fourth-order valence-electron chi connectivity index (χ4n) is 1.97. The number of nitrogens with two attached hydrogens (primary N) is 1. The van der Waals surface area contributed by atoms with Crippen LogP contribution in [0.2, 0.25) is 0 Å². The Balaban J connectivity index is 2.07. The van der Waals surface area contributed by atoms with Gasteiger partial charge in [-0.25, -0.2) is 4.39 Å². The van der Waals surface area contributed by atoms with Crippen LogP contribution >= 0.6 is 0 Å². The molecule has 1 fully saturated rings. The monoisotopic (exact) mass is 236 g/mol. The Bertz CT molecular complexity index is 414. The maximum absolute atomic E-state index is 12.7. The molecule has 0 bridgehead atoms. The van der Waals surface area contributed by atoms with Crippen LogP contribution in [0.5, 0.6) is 0 Å². The molecular weight excluding hydrogens is 219 g/mol. The third-order valence-corrected chi connectivity index (χ3v) is 3.41. The summed E-state index contributed by atoms with van der Waals surface area (Å²) < 4.78 is 12.7. The minimum Gasteiger partial charge on any atom is -0.345 e. The van der Waals surface area contributed by atoms with Gasteiger partial charge in [-0.3, -0.25) is 4.79 Å². The second-order valence-corrected chi connectivity index (χ2v) is 4.86. The van der Waals surface area contributed by atoms with Gasteiger partial charge < -0.3 is 11.1 Å². The first-order chi connectivity index (χ1) is 8.05. The van der Waals surface area contributed by atoms with Gasteiger partial charge in [0.2, 0.25) is 0 Å². The van der Waals surface area contributed by atoms with E-state index < -0.39 is 0 Å². The van der Waals surface area contributed by atoms with Gasteiger partial charge >= 0.3 is 0 Å². The summed E-state index contributed by atoms with van der Waals surface area (Å²) in [6.07, 6.45) is 2.22. The number of carbonyl (C=O) groups is 1. The molecule has 92 valence electrons. The highest BCUT2D eigenvalue weighted by atomic mass is 19.1. The zero-order chi connectivity index (χ0) is 12.5. The summed E-state index contributed by atoms with van der Waals surface area (Å²) in [7, 11) is 0. The molecule has 0 heterocycles. The van der Waals surface area contributed by atoms with Crippen LogP contribution in [0.1, 0.15) is 30.1 Å². The molecule has 3 N–H and O–H groups in total. The molecule has 0 spiro atoms. The van der Waals surface area contributed by atoms with E-state index in [4.69, 9.17) is 5.73 Å². The topological polar surface area (TPSA) is 55.1 Å². The SMILES string of the molecule is CC(CN)(NC(=O)c1ccc(F)cc1)C1CC1. The van der Waals surface area contributed by atoms with Crippen LogP contribution in [0.3, 0.4) is 0 Å². The van der Waals surface area contributed by atoms with Crippen molar-refractivity contribution in [3.8, 4) is 0 Å². The highest BCUT2D eigenvalue weighted by Crippen LogP contribution is 2.39. The molecule has 1 aliphatic rings. The summed E-state index contributed by atoms with van der Waals surface area (Å²) in [6.45, 7) is 2.39. The van der Waals surface area contributed by atoms with E-state index in [1.165, 1.54) is 24.3 Å². The minimum atomic E-state index is -0.342. The highest BCUT2D eigenvalue weighted by molar-refractivity contribution is 5.94. The van der Waals surface area contributed by atoms with Crippen LogP contribution in [0.25, 0.3) is 0 Å². The van der Waals surface area contributed by atoms with Gasteiger partial charge in [0.25, 0.3) is 5.91 Å². The lowest BCUT2D eigenvalue weighted by atomic mass is 9.95. The lowest BCUT2D eigenvalue weighted by Gasteiger charge is -2.29. The van der Waals surface area contributed by atoms with Crippen LogP contribution in [0.15, 0.2) is 24.3 Å². The zero-order valence-electron chi connectivity index (χ0n) is 9.87. The van der Waals surface area contributed by atoms with Crippen LogP contribution in [0.4, 0.5) is 4.39 Å². The Morgan fingerprint density at radius 2 is 2.06 bits per heavy atom. The van der Waals surface area contributed by atoms with Crippen molar-refractivity contribution in [2.75, 3.05) is 6.54 Å². The molecular formula is C13H17FN2O. The van der Waals surface area contributed by atoms with Gasteiger partial charge in [0.05, 0.1) is 5.54 Å². The average molecular weight is 236 g/mol. The van der Waals surface area contributed by atoms with Crippen molar-refractivity contribution in [1.29, 1.82) is 0 Å². The molecule has 1 aromatic carbocycles. The van der Waals surface area contributed by atoms with Gasteiger partial charge in [0.15, 0.2) is 0 Å². The molecule has 1 aromatic rings. The number of hydrogen-bond donors (Lipinski definition) is 2. The third kappa shape index (κ3) is 2.64. The molecule has 0 aromatic heterocycles. The van der Waals surface area contributed by atoms with E-state index in [9.17, 15) is 9.18 Å². The van der Waals surface area contributed by atoms with Crippen LogP contribution in [-0.4, -0.2) is 18.0 Å². The normalized spacial score (nSPS) is 18.5. The first-order valence-corrected chi connectivity index (χ1v) is 5.83. The Morgan fingerprint density at radius 1 is 1.47 bits per heavy atom. The van der Waals surface area contributed by atoms with Crippen LogP contribution in [0, 0.1) is 11.7 Å². The molecule has 0 saturated heterocycles. The number of carbonyl (C=O) groups excluding carboxylic acids is 1. The molecule has 1 saturated carbocycles. The van der Waals surface area contributed by atoms with Crippen molar-refractivity contribution < 1.29 is 9.18 Å². The Hall–Kier alpha value is -1.42. The van der Waals surface area contributed by atoms with Crippen molar-refractivity contribution >= 4 is 5.91 Å². The quantitative estimate of drug-likeness (QED) is 0.835. The van der Waals surface area contributed by atoms with Gasteiger partial charge in [-0.15, -0.1) is 0 Å². The lowest BCUT2D eigenvalue weighted by molar-refractivity contribution is 0.0898. The maximum Gasteiger partial charge on any atom is 0.251 e. The molecule has 1 aliphatic carbocycles. The van der Waals surface area contributed by atoms with Crippen molar-refractivity contribution in [3.05, 3.63) is 35.6 Å². The fraction of sp³-hybridized carbons (Fsp3) is 0.462. The minimum absolute atomic E-state index is 0.190. The number of hydrogen-bond acceptors (Lipinski definition) is 2. The van der Waals surface area contributed by atoms with Gasteiger partial charge in [0.1, 0.15) is 5.82 Å². The number of nitrogens with one attached hydrogen (secondary N) is 1. The van der Waals surface area contributed by atoms with Crippen LogP contribution < -0.4 is 11.1 Å². The molecule has 1 atom stereocenters. The molecule has 2 rings (SSSR count). The van der Waals surface area contributed by atoms with Crippen molar-refractivity contribution in [2.45, 2.75) is 25.3 Å². The Kier molecular flexibility index (Phi) is 3.15. The Labute approximate surface area is 100 Å². The highest BCUT2D eigenvalue weighted by Gasteiger charge is 2.41. The summed E-state index contributed by atoms with van der Waals surface area (Å²) in [5.41, 5.74) is 5.85. The van der Waals surface area contributed by atoms with E-state index >= 15 is 0 Å². The van der Waals surface area contributed by atoms with Crippen molar-refractivity contribution in [3.63, 3.8) is 0 Å². The summed E-state index contributed by atoms with van der Waals surface area (Å²) in [6, 6.07) is 5.53. The Morgan fingerprint density at radius 3 is 2.53 bits per heavy atom. The molecule has 1 unspecified atom stereocenters. The number of halogens is 1. The standard InChI is InChI=1S/C13H17FN2O/c1-13(8-15,10-4-5-10)16-12(17)9-2-6-11(14)7-3-9/h2-3,6-7,10H,4-5,8,15H2,1H3,(H,16,17). The molecule has 0 aliphatic heterocycles. The van der Waals surface area contributed by atoms with Crippen molar-refractivity contribution in [1.82, 2.24) is 5.32 Å². The average Bonchev–Trinajstić information content (AvgIpc) is 3.13. The summed E-state index contributed by atoms with van der Waals surface area (Å²) in [4.78, 5) is 12.0. The summed E-state index contributed by atoms with van der Waals surface area (Å²) in [5, 5.41) is 2.95. The van der Waals surface area contributed by atoms with E-state index in [2.05, 4.69) is 5.32 Å². The third-order valence-electron chi connectivity index (χ3n) is 3.41. The van der Waals surface area contributed by atoms with Gasteiger partial charge in [-0.2, -0.15) is 0 Å². The van der Waals surface area contributed by atoms with Gasteiger partial charge in [-0.1, -0.05) is 0 Å². The van der Waals surface area contributed by atoms with Crippen LogP contribution in [-0.2, 0) is 0 Å². The largest absolute Gasteiger partial charge is 0.345 e. The predicted octanol–water partition coefficient (Wildman–Crippen LogP) is 1.68. The summed E-state index contributed by atoms with van der Waals surface area (Å²) >= 11 is 0. The van der Waals surface area contributed by atoms with Gasteiger partial charge in [0, 0.05) is 12.1 Å². The molecule has 3 nitrogen and oxygen atoms in total. The number of benzene rings is 1. The predicted molar refractivity (Wildman–Crippen MR) is 64.0 cm³/mol. The van der Waals surface area contributed by atoms with Crippen molar-refractivity contribution in [2.24, 2.45) is 11.7 Å². The lowest BCUT2D eigenvalue weighted by Crippen LogP contribution is -2.53. The second kappa shape index (κ2) is 4.45. The fourth-order valence-corrected chi connectivity index (χ4v) is 1.97. The van der Waals surface area contributed by atoms with E-state index in [-0.39, 0.29) is 17.3 Å². The van der Waals surface area contributed by atoms with E-state index in [0.29, 0.717) is 18.0 Å². The number of rotatable bonds is 4.